The highest BCUT2D eigenvalue weighted by Gasteiger charge is 2.23. The summed E-state index contributed by atoms with van der Waals surface area (Å²) in [6.07, 6.45) is 0. The second-order valence-electron chi connectivity index (χ2n) is 4.05. The first kappa shape index (κ1) is 13.5. The molecule has 100 valence electrons. The molecule has 0 N–H and O–H groups in total. The highest BCUT2D eigenvalue weighted by Crippen LogP contribution is 2.31. The van der Waals surface area contributed by atoms with E-state index in [0.29, 0.717) is 29.3 Å². The zero-order valence-electron chi connectivity index (χ0n) is 10.6. The molecule has 1 aromatic carbocycles. The van der Waals surface area contributed by atoms with Crippen LogP contribution in [0.15, 0.2) is 18.2 Å². The monoisotopic (exact) mass is 280 g/mol. The van der Waals surface area contributed by atoms with Gasteiger partial charge in [0.2, 0.25) is 0 Å². The molecule has 2 aromatic rings. The normalized spacial score (nSPS) is 10.7. The maximum Gasteiger partial charge on any atom is 0.283 e. The highest BCUT2D eigenvalue weighted by molar-refractivity contribution is 6.16. The lowest BCUT2D eigenvalue weighted by molar-refractivity contribution is -0.384. The maximum absolute atomic E-state index is 11.2. The highest BCUT2D eigenvalue weighted by atomic mass is 35.5. The van der Waals surface area contributed by atoms with Crippen LogP contribution in [0.5, 0.6) is 0 Å². The van der Waals surface area contributed by atoms with Gasteiger partial charge in [-0.3, -0.25) is 10.1 Å². The number of nitro groups is 1. The Balaban J connectivity index is 2.69. The average Bonchev–Trinajstić information content (AvgIpc) is 2.80. The summed E-state index contributed by atoms with van der Waals surface area (Å²) in [6.45, 7) is 4.23. The lowest BCUT2D eigenvalue weighted by atomic mass is 10.1. The second-order valence-corrected chi connectivity index (χ2v) is 4.31. The van der Waals surface area contributed by atoms with Gasteiger partial charge in [0.25, 0.3) is 5.69 Å². The number of para-hydroxylation sites is 1. The lowest BCUT2D eigenvalue weighted by Crippen LogP contribution is -2.04. The quantitative estimate of drug-likeness (QED) is 0.490. The SMILES string of the molecule is CCn1c(CCl)nnc1-c1cccc(C)c1[N+](=O)[O-]. The van der Waals surface area contributed by atoms with Gasteiger partial charge in [-0.05, 0) is 19.9 Å². The van der Waals surface area contributed by atoms with Crippen LogP contribution in [0.1, 0.15) is 18.3 Å². The van der Waals surface area contributed by atoms with Crippen molar-refractivity contribution in [1.29, 1.82) is 0 Å². The number of aromatic nitrogens is 3. The van der Waals surface area contributed by atoms with Gasteiger partial charge in [-0.15, -0.1) is 21.8 Å². The Kier molecular flexibility index (Phi) is 3.80. The first-order chi connectivity index (χ1) is 9.10. The van der Waals surface area contributed by atoms with Crippen molar-refractivity contribution in [3.05, 3.63) is 39.7 Å². The summed E-state index contributed by atoms with van der Waals surface area (Å²) in [7, 11) is 0. The molecule has 1 aromatic heterocycles. The van der Waals surface area contributed by atoms with Crippen LogP contribution in [0.4, 0.5) is 5.69 Å². The lowest BCUT2D eigenvalue weighted by Gasteiger charge is -2.07. The Bertz CT molecular complexity index is 624. The van der Waals surface area contributed by atoms with Crippen molar-refractivity contribution in [2.24, 2.45) is 0 Å². The van der Waals surface area contributed by atoms with E-state index in [1.54, 1.807) is 29.7 Å². The summed E-state index contributed by atoms with van der Waals surface area (Å²) in [4.78, 5) is 10.8. The molecule has 0 saturated carbocycles. The number of rotatable bonds is 4. The van der Waals surface area contributed by atoms with Gasteiger partial charge in [-0.2, -0.15) is 0 Å². The second kappa shape index (κ2) is 5.36. The predicted molar refractivity (Wildman–Crippen MR) is 72.1 cm³/mol. The molecule has 1 heterocycles. The van der Waals surface area contributed by atoms with E-state index in [0.717, 1.165) is 0 Å². The number of hydrogen-bond acceptors (Lipinski definition) is 4. The van der Waals surface area contributed by atoms with Gasteiger partial charge in [-0.1, -0.05) is 12.1 Å². The van der Waals surface area contributed by atoms with Crippen molar-refractivity contribution in [2.45, 2.75) is 26.3 Å². The number of halogens is 1. The molecule has 2 rings (SSSR count). The molecular formula is C12H13ClN4O2. The molecule has 0 saturated heterocycles. The fraction of sp³-hybridized carbons (Fsp3) is 0.333. The predicted octanol–water partition coefficient (Wildman–Crippen LogP) is 2.92. The third kappa shape index (κ3) is 2.31. The summed E-state index contributed by atoms with van der Waals surface area (Å²) < 4.78 is 1.79. The van der Waals surface area contributed by atoms with Crippen molar-refractivity contribution in [3.8, 4) is 11.4 Å². The van der Waals surface area contributed by atoms with Crippen molar-refractivity contribution in [3.63, 3.8) is 0 Å². The molecule has 6 nitrogen and oxygen atoms in total. The summed E-state index contributed by atoms with van der Waals surface area (Å²) in [5.41, 5.74) is 1.13. The van der Waals surface area contributed by atoms with Crippen molar-refractivity contribution < 1.29 is 4.92 Å². The molecule has 0 radical (unpaired) electrons. The maximum atomic E-state index is 11.2. The minimum atomic E-state index is -0.389. The third-order valence-corrected chi connectivity index (χ3v) is 3.16. The Morgan fingerprint density at radius 3 is 2.74 bits per heavy atom. The number of nitro benzene ring substituents is 1. The van der Waals surface area contributed by atoms with Crippen LogP contribution in [0.2, 0.25) is 0 Å². The van der Waals surface area contributed by atoms with Crippen LogP contribution in [0.25, 0.3) is 11.4 Å². The van der Waals surface area contributed by atoms with Gasteiger partial charge in [0.1, 0.15) is 5.82 Å². The minimum Gasteiger partial charge on any atom is -0.310 e. The van der Waals surface area contributed by atoms with E-state index >= 15 is 0 Å². The summed E-state index contributed by atoms with van der Waals surface area (Å²) in [5, 5.41) is 19.2. The number of aryl methyl sites for hydroxylation is 1. The zero-order chi connectivity index (χ0) is 14.0. The van der Waals surface area contributed by atoms with Crippen LogP contribution in [0, 0.1) is 17.0 Å². The van der Waals surface area contributed by atoms with Crippen LogP contribution in [-0.4, -0.2) is 19.7 Å². The molecule has 0 spiro atoms. The molecule has 0 atom stereocenters. The summed E-state index contributed by atoms with van der Waals surface area (Å²) >= 11 is 5.79. The zero-order valence-corrected chi connectivity index (χ0v) is 11.4. The minimum absolute atomic E-state index is 0.0609. The first-order valence-corrected chi connectivity index (χ1v) is 6.36. The third-order valence-electron chi connectivity index (χ3n) is 2.92. The largest absolute Gasteiger partial charge is 0.310 e. The van der Waals surface area contributed by atoms with Crippen LogP contribution in [0.3, 0.4) is 0 Å². The van der Waals surface area contributed by atoms with E-state index in [2.05, 4.69) is 10.2 Å². The van der Waals surface area contributed by atoms with E-state index in [-0.39, 0.29) is 16.5 Å². The smallest absolute Gasteiger partial charge is 0.283 e. The molecule has 0 fully saturated rings. The number of alkyl halides is 1. The standard InChI is InChI=1S/C12H13ClN4O2/c1-3-16-10(7-13)14-15-12(16)9-6-4-5-8(2)11(9)17(18)19/h4-6H,3,7H2,1-2H3. The molecule has 7 heteroatoms. The van der Waals surface area contributed by atoms with Gasteiger partial charge < -0.3 is 4.57 Å². The van der Waals surface area contributed by atoms with E-state index < -0.39 is 0 Å². The molecule has 0 unspecified atom stereocenters. The van der Waals surface area contributed by atoms with Crippen molar-refractivity contribution >= 4 is 17.3 Å². The van der Waals surface area contributed by atoms with Gasteiger partial charge >= 0.3 is 0 Å². The van der Waals surface area contributed by atoms with E-state index in [1.165, 1.54) is 0 Å². The van der Waals surface area contributed by atoms with E-state index in [1.807, 2.05) is 6.92 Å². The average molecular weight is 281 g/mol. The topological polar surface area (TPSA) is 73.8 Å². The molecule has 0 amide bonds. The van der Waals surface area contributed by atoms with Gasteiger partial charge in [0, 0.05) is 12.1 Å². The first-order valence-electron chi connectivity index (χ1n) is 5.82. The summed E-state index contributed by atoms with van der Waals surface area (Å²) in [6, 6.07) is 5.16. The Morgan fingerprint density at radius 1 is 1.42 bits per heavy atom. The van der Waals surface area contributed by atoms with Crippen LogP contribution < -0.4 is 0 Å². The van der Waals surface area contributed by atoms with Gasteiger partial charge in [0.05, 0.1) is 16.4 Å². The van der Waals surface area contributed by atoms with E-state index in [4.69, 9.17) is 11.6 Å². The van der Waals surface area contributed by atoms with Crippen LogP contribution in [-0.2, 0) is 12.4 Å². The van der Waals surface area contributed by atoms with E-state index in [9.17, 15) is 10.1 Å². The molecule has 0 bridgehead atoms. The fourth-order valence-electron chi connectivity index (χ4n) is 2.05. The molecule has 0 aliphatic rings. The number of nitrogens with zero attached hydrogens (tertiary/aromatic N) is 4. The fourth-order valence-corrected chi connectivity index (χ4v) is 2.25. The Labute approximate surface area is 115 Å². The Morgan fingerprint density at radius 2 is 2.16 bits per heavy atom. The molecule has 0 aliphatic heterocycles. The van der Waals surface area contributed by atoms with Gasteiger partial charge in [0.15, 0.2) is 5.82 Å². The van der Waals surface area contributed by atoms with Crippen molar-refractivity contribution in [2.75, 3.05) is 0 Å². The Hall–Kier alpha value is -1.95. The molecule has 19 heavy (non-hydrogen) atoms. The molecular weight excluding hydrogens is 268 g/mol. The van der Waals surface area contributed by atoms with Gasteiger partial charge in [-0.25, -0.2) is 0 Å². The molecule has 0 aliphatic carbocycles. The number of benzene rings is 1. The summed E-state index contributed by atoms with van der Waals surface area (Å²) in [5.74, 6) is 1.31. The van der Waals surface area contributed by atoms with Crippen LogP contribution >= 0.6 is 11.6 Å². The number of hydrogen-bond donors (Lipinski definition) is 0. The van der Waals surface area contributed by atoms with Crippen molar-refractivity contribution in [1.82, 2.24) is 14.8 Å².